The number of rotatable bonds is 7. The molecule has 0 radical (unpaired) electrons. The van der Waals surface area contributed by atoms with Gasteiger partial charge in [-0.25, -0.2) is 0 Å². The largest absolute Gasteiger partial charge is 0.360 e. The molecule has 0 aliphatic heterocycles. The summed E-state index contributed by atoms with van der Waals surface area (Å²) in [7, 11) is 0. The summed E-state index contributed by atoms with van der Waals surface area (Å²) in [4.78, 5) is 11.9. The molecule has 0 unspecified atom stereocenters. The van der Waals surface area contributed by atoms with Crippen molar-refractivity contribution in [1.29, 1.82) is 0 Å². The van der Waals surface area contributed by atoms with Crippen LogP contribution in [0.3, 0.4) is 0 Å². The molecule has 0 spiro atoms. The van der Waals surface area contributed by atoms with Crippen molar-refractivity contribution in [1.82, 2.24) is 10.2 Å². The molecule has 0 fully saturated rings. The van der Waals surface area contributed by atoms with Crippen LogP contribution in [0.4, 0.5) is 10.8 Å². The molecule has 9 heteroatoms. The molecule has 0 atom stereocenters. The van der Waals surface area contributed by atoms with E-state index in [0.717, 1.165) is 22.4 Å². The van der Waals surface area contributed by atoms with Gasteiger partial charge >= 0.3 is 0 Å². The maximum absolute atomic E-state index is 11.9. The van der Waals surface area contributed by atoms with Crippen LogP contribution in [-0.4, -0.2) is 28.4 Å². The molecule has 22 heavy (non-hydrogen) atoms. The van der Waals surface area contributed by atoms with Gasteiger partial charge in [-0.3, -0.25) is 4.79 Å². The summed E-state index contributed by atoms with van der Waals surface area (Å²) >= 11 is 14.7. The summed E-state index contributed by atoms with van der Waals surface area (Å²) in [5, 5.41) is 15.4. The Kier molecular flexibility index (Phi) is 6.75. The van der Waals surface area contributed by atoms with Gasteiger partial charge in [0, 0.05) is 6.54 Å². The fourth-order valence-corrected chi connectivity index (χ4v) is 3.41. The average molecular weight is 377 g/mol. The molecule has 5 nitrogen and oxygen atoms in total. The third-order valence-corrected chi connectivity index (χ3v) is 5.32. The van der Waals surface area contributed by atoms with E-state index in [0.29, 0.717) is 15.7 Å². The second kappa shape index (κ2) is 8.57. The Hall–Kier alpha value is -1.02. The second-order valence-electron chi connectivity index (χ2n) is 4.24. The molecule has 0 saturated carbocycles. The van der Waals surface area contributed by atoms with Crippen molar-refractivity contribution in [3.8, 4) is 0 Å². The minimum atomic E-state index is -0.174. The van der Waals surface area contributed by atoms with Gasteiger partial charge in [0.05, 0.1) is 21.5 Å². The van der Waals surface area contributed by atoms with Gasteiger partial charge in [0.2, 0.25) is 11.0 Å². The molecule has 1 heterocycles. The van der Waals surface area contributed by atoms with Crippen molar-refractivity contribution < 1.29 is 4.79 Å². The maximum Gasteiger partial charge on any atom is 0.234 e. The first-order chi connectivity index (χ1) is 10.6. The molecule has 0 bridgehead atoms. The zero-order valence-electron chi connectivity index (χ0n) is 11.7. The lowest BCUT2D eigenvalue weighted by Crippen LogP contribution is -2.14. The second-order valence-corrected chi connectivity index (χ2v) is 7.22. The van der Waals surface area contributed by atoms with Crippen molar-refractivity contribution in [2.24, 2.45) is 0 Å². The van der Waals surface area contributed by atoms with Crippen molar-refractivity contribution in [2.75, 3.05) is 22.9 Å². The first-order valence-corrected chi connectivity index (χ1v) is 9.10. The normalized spacial score (nSPS) is 10.5. The van der Waals surface area contributed by atoms with Crippen molar-refractivity contribution in [3.63, 3.8) is 0 Å². The lowest BCUT2D eigenvalue weighted by Gasteiger charge is -2.07. The van der Waals surface area contributed by atoms with Gasteiger partial charge in [0.15, 0.2) is 4.34 Å². The van der Waals surface area contributed by atoms with Crippen LogP contribution in [0.5, 0.6) is 0 Å². The highest BCUT2D eigenvalue weighted by atomic mass is 35.5. The van der Waals surface area contributed by atoms with E-state index in [9.17, 15) is 4.79 Å². The maximum atomic E-state index is 11.9. The minimum Gasteiger partial charge on any atom is -0.360 e. The predicted molar refractivity (Wildman–Crippen MR) is 94.5 cm³/mol. The number of thioether (sulfide) groups is 1. The van der Waals surface area contributed by atoms with E-state index < -0.39 is 0 Å². The van der Waals surface area contributed by atoms with Crippen LogP contribution in [0.15, 0.2) is 22.5 Å². The number of hydrogen-bond donors (Lipinski definition) is 2. The van der Waals surface area contributed by atoms with Crippen LogP contribution in [0.2, 0.25) is 10.0 Å². The average Bonchev–Trinajstić information content (AvgIpc) is 2.96. The molecule has 2 aromatic rings. The number of carbonyl (C=O) groups excluding carboxylic acids is 1. The summed E-state index contributed by atoms with van der Waals surface area (Å²) in [5.74, 6) is 0.0538. The van der Waals surface area contributed by atoms with Gasteiger partial charge < -0.3 is 10.6 Å². The monoisotopic (exact) mass is 376 g/mol. The molecule has 118 valence electrons. The highest BCUT2D eigenvalue weighted by Crippen LogP contribution is 2.30. The van der Waals surface area contributed by atoms with Crippen LogP contribution in [0.1, 0.15) is 13.3 Å². The van der Waals surface area contributed by atoms with Crippen molar-refractivity contribution >= 4 is 63.0 Å². The molecule has 2 N–H and O–H groups in total. The van der Waals surface area contributed by atoms with Gasteiger partial charge in [-0.05, 0) is 18.6 Å². The first kappa shape index (κ1) is 17.3. The summed E-state index contributed by atoms with van der Waals surface area (Å²) in [6, 6.07) is 5.10. The fourth-order valence-electron chi connectivity index (χ4n) is 1.49. The zero-order valence-corrected chi connectivity index (χ0v) is 14.9. The Labute approximate surface area is 146 Å². The first-order valence-electron chi connectivity index (χ1n) is 6.54. The van der Waals surface area contributed by atoms with E-state index in [-0.39, 0.29) is 11.7 Å². The number of nitrogens with zero attached hydrogens (tertiary/aromatic N) is 2. The molecule has 0 aliphatic rings. The van der Waals surface area contributed by atoms with Crippen molar-refractivity contribution in [3.05, 3.63) is 28.2 Å². The third-order valence-electron chi connectivity index (χ3n) is 2.49. The molecule has 1 aromatic heterocycles. The van der Waals surface area contributed by atoms with Crippen molar-refractivity contribution in [2.45, 2.75) is 17.7 Å². The Bertz CT molecular complexity index is 651. The van der Waals surface area contributed by atoms with Gasteiger partial charge in [0.1, 0.15) is 0 Å². The van der Waals surface area contributed by atoms with Gasteiger partial charge in [-0.1, -0.05) is 59.3 Å². The topological polar surface area (TPSA) is 66.9 Å². The lowest BCUT2D eigenvalue weighted by atomic mass is 10.3. The molecule has 2 rings (SSSR count). The number of carbonyl (C=O) groups is 1. The zero-order chi connectivity index (χ0) is 15.9. The van der Waals surface area contributed by atoms with Gasteiger partial charge in [-0.15, -0.1) is 10.2 Å². The van der Waals surface area contributed by atoms with Crippen LogP contribution in [0, 0.1) is 0 Å². The fraction of sp³-hybridized carbons (Fsp3) is 0.308. The molecular weight excluding hydrogens is 363 g/mol. The third kappa shape index (κ3) is 5.01. The van der Waals surface area contributed by atoms with E-state index in [2.05, 4.69) is 27.8 Å². The number of halogens is 2. The highest BCUT2D eigenvalue weighted by Gasteiger charge is 2.11. The Morgan fingerprint density at radius 2 is 2.18 bits per heavy atom. The number of aromatic nitrogens is 2. The van der Waals surface area contributed by atoms with Crippen LogP contribution >= 0.6 is 46.3 Å². The number of benzene rings is 1. The van der Waals surface area contributed by atoms with Crippen LogP contribution in [-0.2, 0) is 4.79 Å². The van der Waals surface area contributed by atoms with Gasteiger partial charge in [0.25, 0.3) is 0 Å². The predicted octanol–water partition coefficient (Wildman–Crippen LogP) is 4.40. The summed E-state index contributed by atoms with van der Waals surface area (Å²) in [6.45, 7) is 2.93. The van der Waals surface area contributed by atoms with E-state index in [4.69, 9.17) is 23.2 Å². The quantitative estimate of drug-likeness (QED) is 0.701. The number of amides is 1. The Balaban J connectivity index is 1.85. The lowest BCUT2D eigenvalue weighted by molar-refractivity contribution is -0.113. The summed E-state index contributed by atoms with van der Waals surface area (Å²) in [6.07, 6.45) is 1.02. The van der Waals surface area contributed by atoms with Crippen LogP contribution < -0.4 is 10.6 Å². The number of anilines is 2. The van der Waals surface area contributed by atoms with E-state index in [1.807, 2.05) is 0 Å². The molecule has 0 aliphatic carbocycles. The molecule has 0 saturated heterocycles. The van der Waals surface area contributed by atoms with Crippen LogP contribution in [0.25, 0.3) is 0 Å². The summed E-state index contributed by atoms with van der Waals surface area (Å²) in [5.41, 5.74) is 0.502. The number of nitrogens with one attached hydrogen (secondary N) is 2. The van der Waals surface area contributed by atoms with E-state index in [1.54, 1.807) is 18.2 Å². The molecule has 1 amide bonds. The van der Waals surface area contributed by atoms with E-state index >= 15 is 0 Å². The van der Waals surface area contributed by atoms with Gasteiger partial charge in [-0.2, -0.15) is 0 Å². The molecular formula is C13H14Cl2N4OS2. The standard InChI is InChI=1S/C13H14Cl2N4OS2/c1-2-6-16-12-18-19-13(22-12)21-7-10(20)17-9-5-3-4-8(14)11(9)15/h3-5H,2,6-7H2,1H3,(H,16,18)(H,17,20). The Morgan fingerprint density at radius 1 is 1.36 bits per heavy atom. The summed E-state index contributed by atoms with van der Waals surface area (Å²) < 4.78 is 0.742. The Morgan fingerprint density at radius 3 is 2.95 bits per heavy atom. The SMILES string of the molecule is CCCNc1nnc(SCC(=O)Nc2cccc(Cl)c2Cl)s1. The minimum absolute atomic E-state index is 0.174. The highest BCUT2D eigenvalue weighted by molar-refractivity contribution is 8.01. The number of hydrogen-bond acceptors (Lipinski definition) is 6. The van der Waals surface area contributed by atoms with E-state index in [1.165, 1.54) is 23.1 Å². The molecule has 1 aromatic carbocycles. The smallest absolute Gasteiger partial charge is 0.234 e.